The van der Waals surface area contributed by atoms with Crippen LogP contribution in [0.15, 0.2) is 46.7 Å². The lowest BCUT2D eigenvalue weighted by molar-refractivity contribution is -0.384. The molecule has 2 heterocycles. The first-order chi connectivity index (χ1) is 15.0. The molecule has 0 saturated heterocycles. The second-order valence-electron chi connectivity index (χ2n) is 6.12. The van der Waals surface area contributed by atoms with Crippen molar-refractivity contribution in [1.29, 1.82) is 0 Å². The Morgan fingerprint density at radius 3 is 3.00 bits per heavy atom. The lowest BCUT2D eigenvalue weighted by Gasteiger charge is -2.01. The van der Waals surface area contributed by atoms with Crippen molar-refractivity contribution >= 4 is 35.4 Å². The molecule has 1 aliphatic rings. The molecule has 0 radical (unpaired) electrons. The number of nitrogens with zero attached hydrogens (tertiary/aromatic N) is 4. The lowest BCUT2D eigenvalue weighted by Crippen LogP contribution is -2.02. The fourth-order valence-corrected chi connectivity index (χ4v) is 3.26. The predicted octanol–water partition coefficient (Wildman–Crippen LogP) is 2.57. The van der Waals surface area contributed by atoms with E-state index in [4.69, 9.17) is 9.47 Å². The van der Waals surface area contributed by atoms with Crippen molar-refractivity contribution in [2.24, 2.45) is 5.10 Å². The topological polar surface area (TPSA) is 165 Å². The van der Waals surface area contributed by atoms with Gasteiger partial charge in [0, 0.05) is 23.3 Å². The summed E-state index contributed by atoms with van der Waals surface area (Å²) in [5.41, 5.74) is 3.04. The summed E-state index contributed by atoms with van der Waals surface area (Å²) in [6.45, 7) is 0.137. The molecule has 158 valence electrons. The van der Waals surface area contributed by atoms with E-state index in [-0.39, 0.29) is 41.3 Å². The molecule has 1 aromatic heterocycles. The molecule has 31 heavy (non-hydrogen) atoms. The van der Waals surface area contributed by atoms with Crippen molar-refractivity contribution in [3.63, 3.8) is 0 Å². The Morgan fingerprint density at radius 2 is 2.16 bits per heavy atom. The molecule has 0 amide bonds. The van der Waals surface area contributed by atoms with E-state index in [0.29, 0.717) is 22.2 Å². The zero-order valence-electron chi connectivity index (χ0n) is 15.6. The average molecular weight is 442 g/mol. The third kappa shape index (κ3) is 4.72. The highest BCUT2D eigenvalue weighted by atomic mass is 32.2. The molecule has 0 aliphatic carbocycles. The van der Waals surface area contributed by atoms with E-state index in [1.807, 2.05) is 0 Å². The molecule has 0 bridgehead atoms. The third-order valence-corrected chi connectivity index (χ3v) is 4.94. The normalized spacial score (nSPS) is 12.3. The number of nitrogens with one attached hydrogen (secondary N) is 2. The number of hydrogen-bond acceptors (Lipinski definition) is 11. The number of fused-ring (bicyclic) bond motifs is 1. The predicted molar refractivity (Wildman–Crippen MR) is 110 cm³/mol. The SMILES string of the molecule is O=C(CSc1n[nH]c(N/N=C\c2cc([N+](=O)[O-])ccc2O)n1)c1ccc2c(c1)OCO2. The van der Waals surface area contributed by atoms with Gasteiger partial charge in [0.15, 0.2) is 17.3 Å². The van der Waals surface area contributed by atoms with E-state index in [0.717, 1.165) is 11.8 Å². The van der Waals surface area contributed by atoms with E-state index in [2.05, 4.69) is 25.7 Å². The Morgan fingerprint density at radius 1 is 1.32 bits per heavy atom. The lowest BCUT2D eigenvalue weighted by atomic mass is 10.1. The molecule has 2 aromatic carbocycles. The van der Waals surface area contributed by atoms with Crippen LogP contribution < -0.4 is 14.9 Å². The van der Waals surface area contributed by atoms with Crippen LogP contribution in [0.4, 0.5) is 11.6 Å². The number of ketones is 1. The first kappa shape index (κ1) is 20.2. The minimum absolute atomic E-state index is 0.113. The Balaban J connectivity index is 1.32. The number of rotatable bonds is 8. The number of H-pyrrole nitrogens is 1. The minimum Gasteiger partial charge on any atom is -0.507 e. The van der Waals surface area contributed by atoms with Gasteiger partial charge in [-0.15, -0.1) is 5.10 Å². The van der Waals surface area contributed by atoms with E-state index in [1.54, 1.807) is 18.2 Å². The number of benzene rings is 2. The van der Waals surface area contributed by atoms with Crippen LogP contribution >= 0.6 is 11.8 Å². The number of phenols is 1. The zero-order chi connectivity index (χ0) is 21.8. The molecule has 13 heteroatoms. The fourth-order valence-electron chi connectivity index (χ4n) is 2.57. The number of aromatic hydroxyl groups is 1. The molecule has 3 N–H and O–H groups in total. The summed E-state index contributed by atoms with van der Waals surface area (Å²) in [6.07, 6.45) is 1.21. The summed E-state index contributed by atoms with van der Waals surface area (Å²) in [5, 5.41) is 31.3. The molecule has 0 saturated carbocycles. The zero-order valence-corrected chi connectivity index (χ0v) is 16.5. The van der Waals surface area contributed by atoms with Gasteiger partial charge in [-0.3, -0.25) is 14.9 Å². The van der Waals surface area contributed by atoms with Crippen molar-refractivity contribution < 1.29 is 24.3 Å². The summed E-state index contributed by atoms with van der Waals surface area (Å²) in [6, 6.07) is 8.56. The molecule has 0 atom stereocenters. The van der Waals surface area contributed by atoms with E-state index in [1.165, 1.54) is 24.4 Å². The van der Waals surface area contributed by atoms with Crippen LogP contribution in [0.2, 0.25) is 0 Å². The maximum absolute atomic E-state index is 12.4. The van der Waals surface area contributed by atoms with Crippen LogP contribution in [-0.4, -0.2) is 49.8 Å². The summed E-state index contributed by atoms with van der Waals surface area (Å²) in [4.78, 5) is 26.7. The van der Waals surface area contributed by atoms with Crippen LogP contribution in [0.5, 0.6) is 17.2 Å². The summed E-state index contributed by atoms with van der Waals surface area (Å²) < 4.78 is 10.5. The van der Waals surface area contributed by atoms with Gasteiger partial charge in [0.05, 0.1) is 16.9 Å². The number of nitro benzene ring substituents is 1. The van der Waals surface area contributed by atoms with Gasteiger partial charge in [-0.1, -0.05) is 11.8 Å². The number of aromatic amines is 1. The average Bonchev–Trinajstić information content (AvgIpc) is 3.41. The van der Waals surface area contributed by atoms with Crippen molar-refractivity contribution in [3.05, 3.63) is 57.6 Å². The molecular weight excluding hydrogens is 428 g/mol. The number of carbonyl (C=O) groups excluding carboxylic acids is 1. The van der Waals surface area contributed by atoms with Crippen LogP contribution in [-0.2, 0) is 0 Å². The Bertz CT molecular complexity index is 1180. The highest BCUT2D eigenvalue weighted by Gasteiger charge is 2.17. The number of ether oxygens (including phenoxy) is 2. The smallest absolute Gasteiger partial charge is 0.270 e. The molecule has 0 fully saturated rings. The number of thioether (sulfide) groups is 1. The monoisotopic (exact) mass is 442 g/mol. The molecule has 4 rings (SSSR count). The molecule has 12 nitrogen and oxygen atoms in total. The van der Waals surface area contributed by atoms with Crippen molar-refractivity contribution in [3.8, 4) is 17.2 Å². The highest BCUT2D eigenvalue weighted by Crippen LogP contribution is 2.33. The van der Waals surface area contributed by atoms with Crippen molar-refractivity contribution in [2.75, 3.05) is 18.0 Å². The van der Waals surface area contributed by atoms with E-state index in [9.17, 15) is 20.0 Å². The number of carbonyl (C=O) groups is 1. The molecule has 1 aliphatic heterocycles. The fraction of sp³-hybridized carbons (Fsp3) is 0.111. The first-order valence-corrected chi connectivity index (χ1v) is 9.73. The van der Waals surface area contributed by atoms with Gasteiger partial charge in [-0.25, -0.2) is 10.5 Å². The second kappa shape index (κ2) is 8.71. The molecular formula is C18H14N6O6S. The van der Waals surface area contributed by atoms with E-state index >= 15 is 0 Å². The van der Waals surface area contributed by atoms with Crippen LogP contribution in [0.1, 0.15) is 15.9 Å². The number of hydrazone groups is 1. The van der Waals surface area contributed by atoms with Crippen LogP contribution in [0, 0.1) is 10.1 Å². The van der Waals surface area contributed by atoms with Gasteiger partial charge in [0.2, 0.25) is 17.9 Å². The van der Waals surface area contributed by atoms with Gasteiger partial charge in [-0.05, 0) is 24.3 Å². The second-order valence-corrected chi connectivity index (χ2v) is 7.06. The van der Waals surface area contributed by atoms with Crippen molar-refractivity contribution in [2.45, 2.75) is 5.16 Å². The highest BCUT2D eigenvalue weighted by molar-refractivity contribution is 7.99. The van der Waals surface area contributed by atoms with Gasteiger partial charge >= 0.3 is 0 Å². The Hall–Kier alpha value is -4.13. The first-order valence-electron chi connectivity index (χ1n) is 8.74. The maximum Gasteiger partial charge on any atom is 0.270 e. The summed E-state index contributed by atoms with van der Waals surface area (Å²) in [5.74, 6) is 1.16. The molecule has 3 aromatic rings. The van der Waals surface area contributed by atoms with Gasteiger partial charge in [0.1, 0.15) is 5.75 Å². The number of Topliss-reactive ketones (excluding diaryl/α,β-unsaturated/α-hetero) is 1. The molecule has 0 unspecified atom stereocenters. The number of phenolic OH excluding ortho intramolecular Hbond substituents is 1. The van der Waals surface area contributed by atoms with Crippen molar-refractivity contribution in [1.82, 2.24) is 15.2 Å². The number of non-ortho nitro benzene ring substituents is 1. The maximum atomic E-state index is 12.4. The largest absolute Gasteiger partial charge is 0.507 e. The molecule has 0 spiro atoms. The quantitative estimate of drug-likeness (QED) is 0.155. The number of nitro groups is 1. The summed E-state index contributed by atoms with van der Waals surface area (Å²) in [7, 11) is 0. The number of hydrogen-bond donors (Lipinski definition) is 3. The Labute approximate surface area is 178 Å². The standard InChI is InChI=1S/C18H14N6O6S/c25-13-3-2-12(24(27)28)5-11(13)7-19-21-17-20-18(23-22-17)31-8-14(26)10-1-4-15-16(6-10)30-9-29-15/h1-7,25H,8-9H2,(H2,20,21,22,23)/b19-7-. The number of anilines is 1. The van der Waals surface area contributed by atoms with Gasteiger partial charge in [-0.2, -0.15) is 10.1 Å². The number of aromatic nitrogens is 3. The van der Waals surface area contributed by atoms with Gasteiger partial charge < -0.3 is 14.6 Å². The third-order valence-electron chi connectivity index (χ3n) is 4.09. The minimum atomic E-state index is -0.574. The van der Waals surface area contributed by atoms with E-state index < -0.39 is 4.92 Å². The van der Waals surface area contributed by atoms with Crippen LogP contribution in [0.25, 0.3) is 0 Å². The Kier molecular flexibility index (Phi) is 5.66. The summed E-state index contributed by atoms with van der Waals surface area (Å²) >= 11 is 1.13. The van der Waals surface area contributed by atoms with Crippen LogP contribution in [0.3, 0.4) is 0 Å². The van der Waals surface area contributed by atoms with Gasteiger partial charge in [0.25, 0.3) is 5.69 Å².